The Kier molecular flexibility index (Phi) is 6.53. The van der Waals surface area contributed by atoms with E-state index in [1.807, 2.05) is 60.9 Å². The summed E-state index contributed by atoms with van der Waals surface area (Å²) < 4.78 is 12.4. The van der Waals surface area contributed by atoms with Gasteiger partial charge in [-0.15, -0.1) is 0 Å². The maximum atomic E-state index is 6.21. The molecule has 12 rings (SSSR count). The Morgan fingerprint density at radius 1 is 0.286 bits per heavy atom. The van der Waals surface area contributed by atoms with Crippen LogP contribution in [0.1, 0.15) is 0 Å². The molecule has 4 heterocycles. The minimum absolute atomic E-state index is 0.629. The fourth-order valence-electron chi connectivity index (χ4n) is 8.24. The summed E-state index contributed by atoms with van der Waals surface area (Å²) in [7, 11) is 0. The molecular formula is C50H28N4O2. The van der Waals surface area contributed by atoms with E-state index in [2.05, 4.69) is 109 Å². The number of hydrogen-bond donors (Lipinski definition) is 0. The van der Waals surface area contributed by atoms with Gasteiger partial charge in [0.1, 0.15) is 33.4 Å². The Morgan fingerprint density at radius 3 is 1.16 bits per heavy atom. The van der Waals surface area contributed by atoms with Crippen LogP contribution in [0.2, 0.25) is 0 Å². The average Bonchev–Trinajstić information content (AvgIpc) is 3.84. The molecule has 0 saturated carbocycles. The van der Waals surface area contributed by atoms with Crippen LogP contribution in [0.25, 0.3) is 121 Å². The highest BCUT2D eigenvalue weighted by atomic mass is 16.3. The molecule has 6 heteroatoms. The van der Waals surface area contributed by atoms with Crippen LogP contribution in [0.15, 0.2) is 179 Å². The third kappa shape index (κ3) is 4.76. The summed E-state index contributed by atoms with van der Waals surface area (Å²) >= 11 is 0. The van der Waals surface area contributed by atoms with Crippen molar-refractivity contribution in [2.75, 3.05) is 0 Å². The van der Waals surface area contributed by atoms with E-state index < -0.39 is 0 Å². The van der Waals surface area contributed by atoms with Gasteiger partial charge in [0.15, 0.2) is 11.6 Å². The van der Waals surface area contributed by atoms with Crippen LogP contribution in [0.4, 0.5) is 0 Å². The van der Waals surface area contributed by atoms with Crippen LogP contribution < -0.4 is 0 Å². The first-order valence-electron chi connectivity index (χ1n) is 18.6. The van der Waals surface area contributed by atoms with Crippen molar-refractivity contribution in [3.05, 3.63) is 170 Å². The Hall–Kier alpha value is -7.70. The Morgan fingerprint density at radius 2 is 0.679 bits per heavy atom. The number of hydrogen-bond acceptors (Lipinski definition) is 6. The predicted molar refractivity (Wildman–Crippen MR) is 226 cm³/mol. The maximum absolute atomic E-state index is 6.21. The molecule has 0 N–H and O–H groups in total. The van der Waals surface area contributed by atoms with Gasteiger partial charge in [0.05, 0.1) is 0 Å². The molecule has 0 radical (unpaired) electrons. The lowest BCUT2D eigenvalue weighted by atomic mass is 9.99. The van der Waals surface area contributed by atoms with Crippen LogP contribution >= 0.6 is 0 Å². The Bertz CT molecular complexity index is 3330. The number of benzene rings is 8. The van der Waals surface area contributed by atoms with Crippen molar-refractivity contribution in [3.63, 3.8) is 0 Å². The molecule has 0 unspecified atom stereocenters. The molecule has 260 valence electrons. The molecule has 0 saturated heterocycles. The van der Waals surface area contributed by atoms with Crippen molar-refractivity contribution in [1.82, 2.24) is 19.9 Å². The summed E-state index contributed by atoms with van der Waals surface area (Å²) in [4.78, 5) is 20.4. The van der Waals surface area contributed by atoms with Gasteiger partial charge >= 0.3 is 0 Å². The van der Waals surface area contributed by atoms with E-state index in [0.717, 1.165) is 110 Å². The van der Waals surface area contributed by atoms with Crippen LogP contribution in [0.3, 0.4) is 0 Å². The largest absolute Gasteiger partial charge is 0.456 e. The zero-order valence-corrected chi connectivity index (χ0v) is 29.8. The van der Waals surface area contributed by atoms with E-state index in [4.69, 9.17) is 28.8 Å². The summed E-state index contributed by atoms with van der Waals surface area (Å²) in [6.07, 6.45) is 3.87. The van der Waals surface area contributed by atoms with E-state index in [1.165, 1.54) is 0 Å². The minimum Gasteiger partial charge on any atom is -0.456 e. The summed E-state index contributed by atoms with van der Waals surface area (Å²) in [5.74, 6) is 1.26. The van der Waals surface area contributed by atoms with Crippen molar-refractivity contribution in [3.8, 4) is 45.0 Å². The quantitative estimate of drug-likeness (QED) is 0.169. The van der Waals surface area contributed by atoms with Gasteiger partial charge < -0.3 is 8.83 Å². The lowest BCUT2D eigenvalue weighted by Gasteiger charge is -2.12. The van der Waals surface area contributed by atoms with Gasteiger partial charge in [0, 0.05) is 55.8 Å². The van der Waals surface area contributed by atoms with Crippen LogP contribution in [-0.2, 0) is 0 Å². The summed E-state index contributed by atoms with van der Waals surface area (Å²) in [5, 5.41) is 8.47. The van der Waals surface area contributed by atoms with Gasteiger partial charge in [-0.2, -0.15) is 0 Å². The van der Waals surface area contributed by atoms with Crippen molar-refractivity contribution >= 4 is 76.5 Å². The first-order chi connectivity index (χ1) is 27.7. The second kappa shape index (κ2) is 11.9. The van der Waals surface area contributed by atoms with Gasteiger partial charge in [-0.05, 0) is 81.6 Å². The number of fused-ring (bicyclic) bond motifs is 12. The second-order valence-corrected chi connectivity index (χ2v) is 14.2. The van der Waals surface area contributed by atoms with E-state index in [1.54, 1.807) is 0 Å². The topological polar surface area (TPSA) is 77.8 Å². The zero-order chi connectivity index (χ0) is 36.7. The number of nitrogens with zero attached hydrogens (tertiary/aromatic N) is 4. The lowest BCUT2D eigenvalue weighted by Crippen LogP contribution is -1.97. The van der Waals surface area contributed by atoms with E-state index in [9.17, 15) is 0 Å². The van der Waals surface area contributed by atoms with Crippen LogP contribution in [0.5, 0.6) is 0 Å². The summed E-state index contributed by atoms with van der Waals surface area (Å²) in [5.41, 5.74) is 11.1. The highest BCUT2D eigenvalue weighted by molar-refractivity contribution is 6.23. The van der Waals surface area contributed by atoms with Gasteiger partial charge in [-0.25, -0.2) is 19.9 Å². The predicted octanol–water partition coefficient (Wildman–Crippen LogP) is 13.2. The van der Waals surface area contributed by atoms with Crippen LogP contribution in [0, 0.1) is 0 Å². The van der Waals surface area contributed by atoms with E-state index in [0.29, 0.717) is 11.6 Å². The third-order valence-electron chi connectivity index (χ3n) is 11.0. The summed E-state index contributed by atoms with van der Waals surface area (Å²) in [6, 6.07) is 54.2. The molecule has 0 aliphatic rings. The molecular weight excluding hydrogens is 689 g/mol. The molecule has 12 aromatic rings. The fourth-order valence-corrected chi connectivity index (χ4v) is 8.24. The highest BCUT2D eigenvalue weighted by Crippen LogP contribution is 2.38. The summed E-state index contributed by atoms with van der Waals surface area (Å²) in [6.45, 7) is 0. The molecule has 8 aromatic carbocycles. The Balaban J connectivity index is 0.976. The fraction of sp³-hybridized carbons (Fsp3) is 0. The molecule has 4 aromatic heterocycles. The number of furan rings is 2. The maximum Gasteiger partial charge on any atom is 0.159 e. The SMILES string of the molecule is c1cc(-c2ccc3c(c2)oc2ccccc23)cc(-c2ncc3c4ccccc4c4cnc(-c5cccc(-c6ccc7c(c6)oc6ccccc67)c5)nc4c3n2)c1. The molecule has 0 amide bonds. The molecule has 0 fully saturated rings. The standard InChI is InChI=1S/C50H28N4O2/c1-2-14-36-35(13-1)41-27-51-49(33-11-7-9-29(23-33)31-19-21-39-37-15-3-5-17-43(37)55-45(39)25-31)53-47(41)48-42(36)28-52-50(54-48)34-12-8-10-30(24-34)32-20-22-40-38-16-4-6-18-44(38)56-46(40)26-32/h1-28H. The Labute approximate surface area is 319 Å². The van der Waals surface area contributed by atoms with Gasteiger partial charge in [0.2, 0.25) is 0 Å². The molecule has 0 bridgehead atoms. The first kappa shape index (κ1) is 30.7. The third-order valence-corrected chi connectivity index (χ3v) is 11.0. The minimum atomic E-state index is 0.629. The smallest absolute Gasteiger partial charge is 0.159 e. The van der Waals surface area contributed by atoms with Crippen molar-refractivity contribution in [1.29, 1.82) is 0 Å². The van der Waals surface area contributed by atoms with Crippen LogP contribution in [-0.4, -0.2) is 19.9 Å². The molecule has 6 nitrogen and oxygen atoms in total. The second-order valence-electron chi connectivity index (χ2n) is 14.2. The number of para-hydroxylation sites is 2. The average molecular weight is 717 g/mol. The molecule has 0 aliphatic carbocycles. The highest BCUT2D eigenvalue weighted by Gasteiger charge is 2.17. The normalized spacial score (nSPS) is 11.9. The number of aromatic nitrogens is 4. The van der Waals surface area contributed by atoms with Gasteiger partial charge in [-0.1, -0.05) is 109 Å². The van der Waals surface area contributed by atoms with Crippen molar-refractivity contribution < 1.29 is 8.83 Å². The molecule has 56 heavy (non-hydrogen) atoms. The molecule has 0 atom stereocenters. The zero-order valence-electron chi connectivity index (χ0n) is 29.8. The van der Waals surface area contributed by atoms with Crippen molar-refractivity contribution in [2.45, 2.75) is 0 Å². The van der Waals surface area contributed by atoms with Gasteiger partial charge in [-0.3, -0.25) is 0 Å². The number of rotatable bonds is 4. The van der Waals surface area contributed by atoms with E-state index >= 15 is 0 Å². The van der Waals surface area contributed by atoms with E-state index in [-0.39, 0.29) is 0 Å². The first-order valence-corrected chi connectivity index (χ1v) is 18.6. The molecule has 0 spiro atoms. The lowest BCUT2D eigenvalue weighted by molar-refractivity contribution is 0.668. The monoisotopic (exact) mass is 716 g/mol. The van der Waals surface area contributed by atoms with Crippen molar-refractivity contribution in [2.24, 2.45) is 0 Å². The molecule has 0 aliphatic heterocycles. The van der Waals surface area contributed by atoms with Gasteiger partial charge in [0.25, 0.3) is 0 Å².